The SMILES string of the molecule is CCC(C(=O)[C@H](C)[C@H](OC(=O)CSP(=O)(O)O)[C@@H](C)[C@H]1OC([C@H](CC)C(=O)O)CC[C@H]1C)[C@H]1O[C@@]2(C=C[C@@H](O)[C@@]3(CC[C@@](C)([C@H]4CC[C@](O)(CC)[C@H](C)O4)O3)O2)[C@H](C)C[C@@H]1C. The van der Waals surface area contributed by atoms with Gasteiger partial charge < -0.3 is 53.5 Å². The number of esters is 1. The molecule has 18 atom stereocenters. The molecule has 4 fully saturated rings. The second-order valence-electron chi connectivity index (χ2n) is 19.1. The largest absolute Gasteiger partial charge is 0.481 e. The molecule has 2 spiro atoms. The van der Waals surface area contributed by atoms with Crippen LogP contribution in [0.5, 0.6) is 0 Å². The lowest BCUT2D eigenvalue weighted by molar-refractivity contribution is -0.409. The van der Waals surface area contributed by atoms with E-state index in [-0.39, 0.29) is 41.0 Å². The van der Waals surface area contributed by atoms with Crippen LogP contribution in [0.4, 0.5) is 0 Å². The Morgan fingerprint density at radius 2 is 1.59 bits per heavy atom. The van der Waals surface area contributed by atoms with Crippen LogP contribution in [0, 0.1) is 41.4 Å². The highest BCUT2D eigenvalue weighted by atomic mass is 32.7. The summed E-state index contributed by atoms with van der Waals surface area (Å²) in [5.74, 6) is -8.91. The molecule has 4 saturated heterocycles. The van der Waals surface area contributed by atoms with E-state index < -0.39 is 108 Å². The van der Waals surface area contributed by atoms with Crippen LogP contribution in [-0.4, -0.2) is 114 Å². The van der Waals surface area contributed by atoms with Crippen molar-refractivity contribution in [1.29, 1.82) is 0 Å². The lowest BCUT2D eigenvalue weighted by Gasteiger charge is -2.54. The Kier molecular flexibility index (Phi) is 16.2. The maximum atomic E-state index is 15.0. The number of aliphatic carboxylic acids is 1. The molecule has 2 unspecified atom stereocenters. The fourth-order valence-electron chi connectivity index (χ4n) is 11.0. The predicted molar refractivity (Wildman–Crippen MR) is 227 cm³/mol. The first-order valence-corrected chi connectivity index (χ1v) is 25.7. The van der Waals surface area contributed by atoms with Crippen molar-refractivity contribution in [2.24, 2.45) is 41.4 Å². The molecule has 350 valence electrons. The zero-order chi connectivity index (χ0) is 45.5. The normalized spacial score (nSPS) is 41.8. The van der Waals surface area contributed by atoms with Gasteiger partial charge in [0.1, 0.15) is 23.7 Å². The molecule has 5 aliphatic heterocycles. The Morgan fingerprint density at radius 1 is 0.918 bits per heavy atom. The summed E-state index contributed by atoms with van der Waals surface area (Å²) in [5, 5.41) is 32.5. The maximum Gasteiger partial charge on any atom is 0.384 e. The average molecular weight is 905 g/mol. The highest BCUT2D eigenvalue weighted by Crippen LogP contribution is 2.54. The molecule has 0 saturated carbocycles. The Bertz CT molecular complexity index is 1640. The number of carbonyl (C=O) groups excluding carboxylic acids is 2. The van der Waals surface area contributed by atoms with Crippen LogP contribution in [0.15, 0.2) is 12.2 Å². The van der Waals surface area contributed by atoms with Crippen molar-refractivity contribution in [2.45, 2.75) is 199 Å². The van der Waals surface area contributed by atoms with Gasteiger partial charge in [0.2, 0.25) is 5.79 Å². The van der Waals surface area contributed by atoms with Gasteiger partial charge in [0, 0.05) is 24.2 Å². The van der Waals surface area contributed by atoms with Crippen molar-refractivity contribution in [3.63, 3.8) is 0 Å². The van der Waals surface area contributed by atoms with E-state index in [0.717, 1.165) is 0 Å². The molecule has 0 amide bonds. The van der Waals surface area contributed by atoms with Gasteiger partial charge in [-0.05, 0) is 107 Å². The summed E-state index contributed by atoms with van der Waals surface area (Å²) in [5.41, 5.74) is -1.75. The first-order chi connectivity index (χ1) is 28.4. The molecule has 0 aromatic rings. The third-order valence-electron chi connectivity index (χ3n) is 15.0. The number of carboxylic acids is 1. The Hall–Kier alpha value is -1.43. The van der Waals surface area contributed by atoms with Gasteiger partial charge in [-0.25, -0.2) is 4.57 Å². The van der Waals surface area contributed by atoms with E-state index in [4.69, 9.17) is 28.4 Å². The van der Waals surface area contributed by atoms with Crippen LogP contribution in [0.1, 0.15) is 133 Å². The lowest BCUT2D eigenvalue weighted by Crippen LogP contribution is -2.63. The number of aliphatic hydroxyl groups excluding tert-OH is 1. The van der Waals surface area contributed by atoms with E-state index in [0.29, 0.717) is 64.2 Å². The lowest BCUT2D eigenvalue weighted by atomic mass is 9.72. The molecule has 61 heavy (non-hydrogen) atoms. The quantitative estimate of drug-likeness (QED) is 0.0628. The molecule has 0 radical (unpaired) electrons. The summed E-state index contributed by atoms with van der Waals surface area (Å²) in [6.45, 7) is 14.4. The van der Waals surface area contributed by atoms with Crippen molar-refractivity contribution >= 4 is 35.9 Å². The summed E-state index contributed by atoms with van der Waals surface area (Å²) in [6, 6.07) is 0. The van der Waals surface area contributed by atoms with Crippen LogP contribution < -0.4 is 0 Å². The smallest absolute Gasteiger partial charge is 0.384 e. The van der Waals surface area contributed by atoms with E-state index >= 15 is 0 Å². The number of ketones is 1. The third-order valence-corrected chi connectivity index (χ3v) is 17.1. The number of ether oxygens (including phenoxy) is 6. The number of rotatable bonds is 16. The summed E-state index contributed by atoms with van der Waals surface area (Å²) in [4.78, 5) is 59.3. The van der Waals surface area contributed by atoms with Crippen molar-refractivity contribution in [3.8, 4) is 0 Å². The third kappa shape index (κ3) is 10.7. The number of hydrogen-bond acceptors (Lipinski definition) is 13. The molecule has 15 nitrogen and oxygen atoms in total. The highest BCUT2D eigenvalue weighted by Gasteiger charge is 2.63. The van der Waals surface area contributed by atoms with Gasteiger partial charge in [-0.15, -0.1) is 0 Å². The molecule has 5 rings (SSSR count). The van der Waals surface area contributed by atoms with Gasteiger partial charge in [-0.2, -0.15) is 0 Å². The van der Waals surface area contributed by atoms with Gasteiger partial charge >= 0.3 is 18.7 Å². The standard InChI is InChI=1S/C44H73O15PS/c1-11-30(40(48)49)32-15-14-24(4)37(55-32)28(8)39(56-35(46)23-61-60(51,52)53)27(7)36(47)31(12-2)38-25(5)22-26(6)43(57-38)19-16-33(45)44(59-43)21-20-41(10,58-44)34-17-18-42(50,13-3)29(9)54-34/h16,19,24-34,37-39,45,50H,11-15,17-18,20-23H2,1-10H3,(H,48,49)(H2,51,52,53)/t24-,25+,26-,27+,28+,29+,30+,31?,32?,33-,34-,37+,38+,39+,41+,42-,43-,44-/m1/s1. The van der Waals surface area contributed by atoms with Crippen molar-refractivity contribution in [2.75, 3.05) is 5.75 Å². The molecular weight excluding hydrogens is 832 g/mol. The van der Waals surface area contributed by atoms with Crippen molar-refractivity contribution < 1.29 is 72.5 Å². The first kappa shape index (κ1) is 50.6. The predicted octanol–water partition coefficient (Wildman–Crippen LogP) is 6.56. The number of carbonyl (C=O) groups is 3. The molecular formula is C44H73O15PS. The number of carboxylic acid groups (broad SMARTS) is 1. The van der Waals surface area contributed by atoms with Crippen molar-refractivity contribution in [1.82, 2.24) is 0 Å². The van der Waals surface area contributed by atoms with Crippen LogP contribution in [0.25, 0.3) is 0 Å². The summed E-state index contributed by atoms with van der Waals surface area (Å²) in [6.07, 6.45) is 3.75. The molecule has 0 bridgehead atoms. The fourth-order valence-corrected chi connectivity index (χ4v) is 12.2. The van der Waals surface area contributed by atoms with E-state index in [1.165, 1.54) is 0 Å². The highest BCUT2D eigenvalue weighted by molar-refractivity contribution is 8.54. The minimum absolute atomic E-state index is 0.0687. The van der Waals surface area contributed by atoms with Crippen LogP contribution in [0.3, 0.4) is 0 Å². The molecule has 5 aliphatic rings. The second kappa shape index (κ2) is 19.6. The zero-order valence-electron chi connectivity index (χ0n) is 37.7. The Labute approximate surface area is 365 Å². The first-order valence-electron chi connectivity index (χ1n) is 22.5. The summed E-state index contributed by atoms with van der Waals surface area (Å²) < 4.78 is 51.3. The molecule has 0 aromatic heterocycles. The van der Waals surface area contributed by atoms with Gasteiger partial charge in [0.25, 0.3) is 0 Å². The number of hydrogen-bond donors (Lipinski definition) is 5. The van der Waals surface area contributed by atoms with Gasteiger partial charge in [-0.1, -0.05) is 55.4 Å². The minimum Gasteiger partial charge on any atom is -0.481 e. The molecule has 17 heteroatoms. The summed E-state index contributed by atoms with van der Waals surface area (Å²) >= 11 is 0.150. The summed E-state index contributed by atoms with van der Waals surface area (Å²) in [7, 11) is 0. The minimum atomic E-state index is -4.61. The van der Waals surface area contributed by atoms with E-state index in [1.54, 1.807) is 26.0 Å². The Morgan fingerprint density at radius 3 is 2.18 bits per heavy atom. The second-order valence-corrected chi connectivity index (χ2v) is 22.9. The number of aliphatic hydroxyl groups is 2. The molecule has 5 N–H and O–H groups in total. The van der Waals surface area contributed by atoms with Crippen LogP contribution in [-0.2, 0) is 47.4 Å². The molecule has 0 aromatic carbocycles. The monoisotopic (exact) mass is 904 g/mol. The van der Waals surface area contributed by atoms with E-state index in [9.17, 15) is 44.1 Å². The number of Topliss-reactive ketones (excluding diaryl/α,β-unsaturated/α-hetero) is 1. The molecule has 5 heterocycles. The van der Waals surface area contributed by atoms with E-state index in [1.807, 2.05) is 55.4 Å². The zero-order valence-corrected chi connectivity index (χ0v) is 39.4. The topological polar surface area (TPSA) is 225 Å². The van der Waals surface area contributed by atoms with Gasteiger partial charge in [0.05, 0.1) is 53.6 Å². The van der Waals surface area contributed by atoms with Crippen LogP contribution >= 0.6 is 18.2 Å². The Balaban J connectivity index is 1.40. The van der Waals surface area contributed by atoms with Gasteiger partial charge in [-0.3, -0.25) is 14.4 Å². The molecule has 0 aliphatic carbocycles. The fraction of sp³-hybridized carbons (Fsp3) is 0.886. The average Bonchev–Trinajstić information content (AvgIpc) is 3.54. The van der Waals surface area contributed by atoms with Crippen LogP contribution in [0.2, 0.25) is 0 Å². The van der Waals surface area contributed by atoms with Gasteiger partial charge in [0.15, 0.2) is 5.79 Å². The van der Waals surface area contributed by atoms with E-state index in [2.05, 4.69) is 0 Å². The van der Waals surface area contributed by atoms with Crippen molar-refractivity contribution in [3.05, 3.63) is 12.2 Å². The maximum absolute atomic E-state index is 15.0.